The molecule has 0 aliphatic carbocycles. The first-order valence-corrected chi connectivity index (χ1v) is 4.71. The van der Waals surface area contributed by atoms with Crippen LogP contribution in [0, 0.1) is 0 Å². The fourth-order valence-electron chi connectivity index (χ4n) is 1.70. The molecule has 0 atom stereocenters. The number of cyclic esters (lactones) is 1. The molecule has 0 N–H and O–H groups in total. The van der Waals surface area contributed by atoms with Gasteiger partial charge in [0.1, 0.15) is 12.3 Å². The molecule has 5 heteroatoms. The maximum absolute atomic E-state index is 11.3. The molecule has 0 aromatic carbocycles. The Kier molecular flexibility index (Phi) is 1.65. The van der Waals surface area contributed by atoms with Crippen molar-refractivity contribution in [2.24, 2.45) is 0 Å². The molecule has 1 aliphatic heterocycles. The molecular weight excluding hydrogens is 194 g/mol. The minimum Gasteiger partial charge on any atom is -0.447 e. The van der Waals surface area contributed by atoms with E-state index < -0.39 is 0 Å². The lowest BCUT2D eigenvalue weighted by atomic mass is 10.3. The Morgan fingerprint density at radius 2 is 2.33 bits per heavy atom. The molecule has 1 saturated heterocycles. The summed E-state index contributed by atoms with van der Waals surface area (Å²) in [6.07, 6.45) is 5.18. The molecule has 0 radical (unpaired) electrons. The standard InChI is InChI=1S/C10H9N3O2/c14-10-13(5-6-15-10)8-1-3-12-4-2-11-9(12)7-8/h1-4,7H,5-6H2. The van der Waals surface area contributed by atoms with Gasteiger partial charge >= 0.3 is 6.09 Å². The molecule has 5 nitrogen and oxygen atoms in total. The van der Waals surface area contributed by atoms with Crippen molar-refractivity contribution in [1.29, 1.82) is 0 Å². The topological polar surface area (TPSA) is 46.8 Å². The first kappa shape index (κ1) is 8.28. The van der Waals surface area contributed by atoms with E-state index in [9.17, 15) is 4.79 Å². The van der Waals surface area contributed by atoms with Gasteiger partial charge in [0.2, 0.25) is 0 Å². The van der Waals surface area contributed by atoms with Crippen LogP contribution in [-0.2, 0) is 4.74 Å². The van der Waals surface area contributed by atoms with Crippen LogP contribution < -0.4 is 4.90 Å². The largest absolute Gasteiger partial charge is 0.447 e. The van der Waals surface area contributed by atoms with Crippen LogP contribution in [-0.4, -0.2) is 28.6 Å². The molecular formula is C10H9N3O2. The Morgan fingerprint density at radius 1 is 1.40 bits per heavy atom. The Bertz CT molecular complexity index is 520. The summed E-state index contributed by atoms with van der Waals surface area (Å²) in [6.45, 7) is 1.06. The van der Waals surface area contributed by atoms with Crippen molar-refractivity contribution in [1.82, 2.24) is 9.38 Å². The molecule has 0 spiro atoms. The molecule has 0 bridgehead atoms. The molecule has 0 saturated carbocycles. The van der Waals surface area contributed by atoms with E-state index in [1.54, 1.807) is 11.1 Å². The Hall–Kier alpha value is -2.04. The second-order valence-electron chi connectivity index (χ2n) is 3.34. The molecule has 15 heavy (non-hydrogen) atoms. The van der Waals surface area contributed by atoms with Gasteiger partial charge in [-0.2, -0.15) is 0 Å². The second-order valence-corrected chi connectivity index (χ2v) is 3.34. The van der Waals surface area contributed by atoms with Crippen LogP contribution in [0.3, 0.4) is 0 Å². The summed E-state index contributed by atoms with van der Waals surface area (Å²) >= 11 is 0. The van der Waals surface area contributed by atoms with Gasteiger partial charge < -0.3 is 9.14 Å². The number of amides is 1. The van der Waals surface area contributed by atoms with E-state index in [0.29, 0.717) is 13.2 Å². The summed E-state index contributed by atoms with van der Waals surface area (Å²) in [5.41, 5.74) is 1.66. The molecule has 1 aliphatic rings. The van der Waals surface area contributed by atoms with E-state index in [1.165, 1.54) is 0 Å². The van der Waals surface area contributed by atoms with Crippen LogP contribution >= 0.6 is 0 Å². The van der Waals surface area contributed by atoms with Crippen LogP contribution in [0.25, 0.3) is 5.65 Å². The third-order valence-corrected chi connectivity index (χ3v) is 2.45. The van der Waals surface area contributed by atoms with Gasteiger partial charge in [0, 0.05) is 24.7 Å². The average Bonchev–Trinajstić information content (AvgIpc) is 2.84. The van der Waals surface area contributed by atoms with Crippen molar-refractivity contribution in [3.8, 4) is 0 Å². The Morgan fingerprint density at radius 3 is 3.13 bits per heavy atom. The number of hydrogen-bond acceptors (Lipinski definition) is 3. The van der Waals surface area contributed by atoms with Gasteiger partial charge in [0.25, 0.3) is 0 Å². The highest BCUT2D eigenvalue weighted by molar-refractivity contribution is 5.89. The van der Waals surface area contributed by atoms with Crippen molar-refractivity contribution in [2.75, 3.05) is 18.1 Å². The summed E-state index contributed by atoms with van der Waals surface area (Å²) in [6, 6.07) is 3.74. The smallest absolute Gasteiger partial charge is 0.414 e. The van der Waals surface area contributed by atoms with Crippen molar-refractivity contribution in [2.45, 2.75) is 0 Å². The lowest BCUT2D eigenvalue weighted by molar-refractivity contribution is 0.181. The Labute approximate surface area is 85.9 Å². The van der Waals surface area contributed by atoms with Gasteiger partial charge in [0.05, 0.1) is 12.2 Å². The van der Waals surface area contributed by atoms with Crippen LogP contribution in [0.4, 0.5) is 10.5 Å². The van der Waals surface area contributed by atoms with E-state index in [4.69, 9.17) is 4.74 Å². The van der Waals surface area contributed by atoms with Crippen molar-refractivity contribution >= 4 is 17.4 Å². The number of pyridine rings is 1. The molecule has 1 amide bonds. The van der Waals surface area contributed by atoms with Crippen LogP contribution in [0.2, 0.25) is 0 Å². The van der Waals surface area contributed by atoms with Crippen molar-refractivity contribution in [3.63, 3.8) is 0 Å². The minimum absolute atomic E-state index is 0.286. The second kappa shape index (κ2) is 2.98. The number of anilines is 1. The fraction of sp³-hybridized carbons (Fsp3) is 0.200. The maximum Gasteiger partial charge on any atom is 0.414 e. The number of carbonyl (C=O) groups excluding carboxylic acids is 1. The van der Waals surface area contributed by atoms with Crippen LogP contribution in [0.1, 0.15) is 0 Å². The molecule has 1 fully saturated rings. The number of fused-ring (bicyclic) bond motifs is 1. The lowest BCUT2D eigenvalue weighted by Gasteiger charge is -2.12. The molecule has 3 rings (SSSR count). The summed E-state index contributed by atoms with van der Waals surface area (Å²) in [7, 11) is 0. The van der Waals surface area contributed by atoms with Gasteiger partial charge in [-0.25, -0.2) is 9.78 Å². The number of ether oxygens (including phenoxy) is 1. The number of hydrogen-bond donors (Lipinski definition) is 0. The molecule has 2 aromatic heterocycles. The molecule has 0 unspecified atom stereocenters. The van der Waals surface area contributed by atoms with Crippen LogP contribution in [0.5, 0.6) is 0 Å². The van der Waals surface area contributed by atoms with Gasteiger partial charge in [0.15, 0.2) is 0 Å². The summed E-state index contributed by atoms with van der Waals surface area (Å²) in [4.78, 5) is 17.1. The Balaban J connectivity index is 2.06. The quantitative estimate of drug-likeness (QED) is 0.701. The van der Waals surface area contributed by atoms with Crippen molar-refractivity contribution in [3.05, 3.63) is 30.7 Å². The van der Waals surface area contributed by atoms with Crippen molar-refractivity contribution < 1.29 is 9.53 Å². The number of imidazole rings is 1. The van der Waals surface area contributed by atoms with Gasteiger partial charge in [-0.15, -0.1) is 0 Å². The zero-order valence-corrected chi connectivity index (χ0v) is 7.96. The summed E-state index contributed by atoms with van der Waals surface area (Å²) in [5.74, 6) is 0. The first-order valence-electron chi connectivity index (χ1n) is 4.71. The maximum atomic E-state index is 11.3. The third-order valence-electron chi connectivity index (χ3n) is 2.45. The SMILES string of the molecule is O=C1OCCN1c1ccn2ccnc2c1. The van der Waals surface area contributed by atoms with Gasteiger partial charge in [-0.05, 0) is 6.07 Å². The summed E-state index contributed by atoms with van der Waals surface area (Å²) in [5, 5.41) is 0. The first-order chi connectivity index (χ1) is 7.34. The molecule has 3 heterocycles. The van der Waals surface area contributed by atoms with Crippen LogP contribution in [0.15, 0.2) is 30.7 Å². The lowest BCUT2D eigenvalue weighted by Crippen LogP contribution is -2.23. The predicted molar refractivity (Wildman–Crippen MR) is 53.9 cm³/mol. The number of nitrogens with zero attached hydrogens (tertiary/aromatic N) is 3. The number of rotatable bonds is 1. The van der Waals surface area contributed by atoms with E-state index >= 15 is 0 Å². The third kappa shape index (κ3) is 1.24. The monoisotopic (exact) mass is 203 g/mol. The van der Waals surface area contributed by atoms with E-state index in [-0.39, 0.29) is 6.09 Å². The zero-order valence-electron chi connectivity index (χ0n) is 7.96. The highest BCUT2D eigenvalue weighted by Crippen LogP contribution is 2.19. The van der Waals surface area contributed by atoms with E-state index in [1.807, 2.05) is 28.9 Å². The number of aromatic nitrogens is 2. The fourth-order valence-corrected chi connectivity index (χ4v) is 1.70. The van der Waals surface area contributed by atoms with Gasteiger partial charge in [-0.3, -0.25) is 4.90 Å². The minimum atomic E-state index is -0.286. The predicted octanol–water partition coefficient (Wildman–Crippen LogP) is 1.29. The van der Waals surface area contributed by atoms with E-state index in [2.05, 4.69) is 4.98 Å². The van der Waals surface area contributed by atoms with E-state index in [0.717, 1.165) is 11.3 Å². The number of carbonyl (C=O) groups is 1. The molecule has 2 aromatic rings. The van der Waals surface area contributed by atoms with Gasteiger partial charge in [-0.1, -0.05) is 0 Å². The zero-order chi connectivity index (χ0) is 10.3. The highest BCUT2D eigenvalue weighted by atomic mass is 16.6. The average molecular weight is 203 g/mol. The highest BCUT2D eigenvalue weighted by Gasteiger charge is 2.23. The molecule has 76 valence electrons. The summed E-state index contributed by atoms with van der Waals surface area (Å²) < 4.78 is 6.77. The normalized spacial score (nSPS) is 16.0.